The van der Waals surface area contributed by atoms with Gasteiger partial charge in [-0.25, -0.2) is 0 Å². The highest BCUT2D eigenvalue weighted by Crippen LogP contribution is 2.37. The minimum absolute atomic E-state index is 0.577. The number of nitrogens with zero attached hydrogens (tertiary/aromatic N) is 1. The van der Waals surface area contributed by atoms with Gasteiger partial charge in [-0.1, -0.05) is 31.2 Å². The molecule has 0 aromatic heterocycles. The van der Waals surface area contributed by atoms with Gasteiger partial charge in [-0.05, 0) is 69.7 Å². The summed E-state index contributed by atoms with van der Waals surface area (Å²) < 4.78 is 0. The molecule has 2 nitrogen and oxygen atoms in total. The zero-order valence-corrected chi connectivity index (χ0v) is 13.8. The smallest absolute Gasteiger partial charge is 0.0325 e. The topological polar surface area (TPSA) is 15.3 Å². The summed E-state index contributed by atoms with van der Waals surface area (Å²) in [6, 6.07) is 11.0. The van der Waals surface area contributed by atoms with Gasteiger partial charge in [0.25, 0.3) is 0 Å². The van der Waals surface area contributed by atoms with Gasteiger partial charge in [0.05, 0.1) is 0 Å². The Morgan fingerprint density at radius 3 is 2.33 bits per heavy atom. The van der Waals surface area contributed by atoms with Crippen LogP contribution in [0.25, 0.3) is 0 Å². The number of piperidine rings is 1. The Kier molecular flexibility index (Phi) is 4.66. The second-order valence-corrected chi connectivity index (χ2v) is 7.23. The van der Waals surface area contributed by atoms with Crippen molar-refractivity contribution in [2.24, 2.45) is 0 Å². The second kappa shape index (κ2) is 6.50. The Balaban J connectivity index is 1.63. The third-order valence-corrected chi connectivity index (χ3v) is 5.49. The molecule has 1 aliphatic heterocycles. The van der Waals surface area contributed by atoms with Gasteiger partial charge >= 0.3 is 0 Å². The maximum Gasteiger partial charge on any atom is 0.0325 e. The van der Waals surface area contributed by atoms with Crippen molar-refractivity contribution < 1.29 is 0 Å². The number of nitrogens with one attached hydrogen (secondary N) is 1. The molecule has 1 fully saturated rings. The molecule has 0 amide bonds. The standard InChI is InChI=1S/C19H30N2/c1-14(2)21-12-10-16(11-13-21)20-19-9-8-15(3)17-6-4-5-7-18(17)19/h4-7,14-16,19-20H,8-13H2,1-3H3. The minimum atomic E-state index is 0.577. The van der Waals surface area contributed by atoms with E-state index in [1.54, 1.807) is 11.1 Å². The molecule has 1 aromatic rings. The maximum absolute atomic E-state index is 3.97. The van der Waals surface area contributed by atoms with Crippen molar-refractivity contribution >= 4 is 0 Å². The van der Waals surface area contributed by atoms with Crippen LogP contribution in [0.15, 0.2) is 24.3 Å². The lowest BCUT2D eigenvalue weighted by atomic mass is 9.80. The molecule has 116 valence electrons. The molecule has 21 heavy (non-hydrogen) atoms. The van der Waals surface area contributed by atoms with Crippen molar-refractivity contribution in [2.75, 3.05) is 13.1 Å². The van der Waals surface area contributed by atoms with Gasteiger partial charge in [-0.2, -0.15) is 0 Å². The SMILES string of the molecule is CC1CCC(NC2CCN(C(C)C)CC2)c2ccccc21. The Morgan fingerprint density at radius 1 is 1.00 bits per heavy atom. The Bertz CT molecular complexity index is 460. The normalized spacial score (nSPS) is 27.8. The molecule has 0 saturated carbocycles. The molecule has 2 unspecified atom stereocenters. The molecular formula is C19H30N2. The first kappa shape index (κ1) is 15.1. The van der Waals surface area contributed by atoms with Crippen molar-refractivity contribution in [3.05, 3.63) is 35.4 Å². The first-order valence-electron chi connectivity index (χ1n) is 8.74. The quantitative estimate of drug-likeness (QED) is 0.900. The summed E-state index contributed by atoms with van der Waals surface area (Å²) in [6.45, 7) is 9.50. The van der Waals surface area contributed by atoms with Crippen LogP contribution in [0.1, 0.15) is 69.5 Å². The monoisotopic (exact) mass is 286 g/mol. The Labute approximate surface area is 129 Å². The van der Waals surface area contributed by atoms with Crippen LogP contribution in [0.5, 0.6) is 0 Å². The molecule has 1 aliphatic carbocycles. The lowest BCUT2D eigenvalue weighted by Gasteiger charge is -2.38. The van der Waals surface area contributed by atoms with Crippen molar-refractivity contribution in [2.45, 2.75) is 70.5 Å². The summed E-state index contributed by atoms with van der Waals surface area (Å²) in [5.41, 5.74) is 3.13. The summed E-state index contributed by atoms with van der Waals surface area (Å²) in [5.74, 6) is 0.724. The minimum Gasteiger partial charge on any atom is -0.307 e. The number of likely N-dealkylation sites (tertiary alicyclic amines) is 1. The summed E-state index contributed by atoms with van der Waals surface area (Å²) in [7, 11) is 0. The number of benzene rings is 1. The van der Waals surface area contributed by atoms with E-state index in [1.807, 2.05) is 0 Å². The van der Waals surface area contributed by atoms with Gasteiger partial charge in [-0.3, -0.25) is 0 Å². The van der Waals surface area contributed by atoms with Crippen LogP contribution in [0.3, 0.4) is 0 Å². The van der Waals surface area contributed by atoms with E-state index in [-0.39, 0.29) is 0 Å². The second-order valence-electron chi connectivity index (χ2n) is 7.23. The van der Waals surface area contributed by atoms with Gasteiger partial charge in [0.15, 0.2) is 0 Å². The van der Waals surface area contributed by atoms with Gasteiger partial charge in [0.2, 0.25) is 0 Å². The van der Waals surface area contributed by atoms with Crippen molar-refractivity contribution in [1.29, 1.82) is 0 Å². The van der Waals surface area contributed by atoms with Crippen LogP contribution in [0, 0.1) is 0 Å². The van der Waals surface area contributed by atoms with Crippen molar-refractivity contribution in [1.82, 2.24) is 10.2 Å². The highest BCUT2D eigenvalue weighted by molar-refractivity contribution is 5.35. The molecule has 3 rings (SSSR count). The fourth-order valence-electron chi connectivity index (χ4n) is 4.04. The fraction of sp³-hybridized carbons (Fsp3) is 0.684. The van der Waals surface area contributed by atoms with Gasteiger partial charge in [-0.15, -0.1) is 0 Å². The highest BCUT2D eigenvalue weighted by atomic mass is 15.2. The zero-order valence-electron chi connectivity index (χ0n) is 13.8. The van der Waals surface area contributed by atoms with Gasteiger partial charge in [0.1, 0.15) is 0 Å². The third-order valence-electron chi connectivity index (χ3n) is 5.49. The summed E-state index contributed by atoms with van der Waals surface area (Å²) >= 11 is 0. The zero-order chi connectivity index (χ0) is 14.8. The maximum atomic E-state index is 3.97. The summed E-state index contributed by atoms with van der Waals surface area (Å²) in [5, 5.41) is 3.97. The Morgan fingerprint density at radius 2 is 1.67 bits per heavy atom. The van der Waals surface area contributed by atoms with Crippen LogP contribution in [0.2, 0.25) is 0 Å². The Hall–Kier alpha value is -0.860. The van der Waals surface area contributed by atoms with Crippen LogP contribution in [0.4, 0.5) is 0 Å². The van der Waals surface area contributed by atoms with E-state index in [0.717, 1.165) is 5.92 Å². The van der Waals surface area contributed by atoms with Crippen LogP contribution in [-0.4, -0.2) is 30.1 Å². The molecule has 0 bridgehead atoms. The van der Waals surface area contributed by atoms with Crippen LogP contribution >= 0.6 is 0 Å². The summed E-state index contributed by atoms with van der Waals surface area (Å²) in [6.07, 6.45) is 5.21. The van der Waals surface area contributed by atoms with Crippen molar-refractivity contribution in [3.63, 3.8) is 0 Å². The lowest BCUT2D eigenvalue weighted by molar-refractivity contribution is 0.154. The molecule has 0 radical (unpaired) electrons. The van der Waals surface area contributed by atoms with E-state index < -0.39 is 0 Å². The van der Waals surface area contributed by atoms with Gasteiger partial charge < -0.3 is 10.2 Å². The first-order chi connectivity index (χ1) is 10.1. The van der Waals surface area contributed by atoms with Gasteiger partial charge in [0, 0.05) is 18.1 Å². The number of fused-ring (bicyclic) bond motifs is 1. The average molecular weight is 286 g/mol. The molecule has 1 heterocycles. The number of rotatable bonds is 3. The van der Waals surface area contributed by atoms with E-state index in [9.17, 15) is 0 Å². The fourth-order valence-corrected chi connectivity index (χ4v) is 4.04. The molecule has 2 aliphatic rings. The molecule has 1 N–H and O–H groups in total. The average Bonchev–Trinajstić information content (AvgIpc) is 2.51. The first-order valence-corrected chi connectivity index (χ1v) is 8.74. The van der Waals surface area contributed by atoms with E-state index in [0.29, 0.717) is 18.1 Å². The predicted molar refractivity (Wildman–Crippen MR) is 89.7 cm³/mol. The van der Waals surface area contributed by atoms with E-state index in [4.69, 9.17) is 0 Å². The molecule has 1 aromatic carbocycles. The predicted octanol–water partition coefficient (Wildman–Crippen LogP) is 4.09. The molecular weight excluding hydrogens is 256 g/mol. The number of hydrogen-bond acceptors (Lipinski definition) is 2. The van der Waals surface area contributed by atoms with Crippen LogP contribution < -0.4 is 5.32 Å². The van der Waals surface area contributed by atoms with Crippen molar-refractivity contribution in [3.8, 4) is 0 Å². The lowest BCUT2D eigenvalue weighted by Crippen LogP contribution is -2.46. The molecule has 1 saturated heterocycles. The van der Waals surface area contributed by atoms with E-state index in [2.05, 4.69) is 55.3 Å². The molecule has 0 spiro atoms. The largest absolute Gasteiger partial charge is 0.307 e. The third kappa shape index (κ3) is 3.32. The van der Waals surface area contributed by atoms with E-state index >= 15 is 0 Å². The highest BCUT2D eigenvalue weighted by Gasteiger charge is 2.28. The molecule has 2 heteroatoms. The van der Waals surface area contributed by atoms with E-state index in [1.165, 1.54) is 38.8 Å². The molecule has 2 atom stereocenters. The summed E-state index contributed by atoms with van der Waals surface area (Å²) in [4.78, 5) is 2.61. The number of hydrogen-bond donors (Lipinski definition) is 1. The van der Waals surface area contributed by atoms with Crippen LogP contribution in [-0.2, 0) is 0 Å².